The highest BCUT2D eigenvalue weighted by Crippen LogP contribution is 2.34. The fourth-order valence-corrected chi connectivity index (χ4v) is 8.98. The number of phenols is 1. The maximum absolute atomic E-state index is 14.1. The standard InChI is InChI=1S/C44H45F3N10O5/c1-53-36-18-25(4-9-34(36)57(44(53)62)35-10-11-37(58)51-42(35)61)12-13-54-14-16-55(17-15-54)43-49-22-29(23-50-43)27-5-6-28-24-56(52-33(28)19-27)30-7-2-26(3-8-30)21-48-41(60)31-20-32(45)40(59)39(47)38(31)46/h4-6,9,18-20,22-24,26,30,35,59H,2-3,7-8,10-17,21H2,1H3,(H,48,60)(H,51,58,61). The van der Waals surface area contributed by atoms with E-state index in [4.69, 9.17) is 15.1 Å². The van der Waals surface area contributed by atoms with E-state index < -0.39 is 46.6 Å². The maximum Gasteiger partial charge on any atom is 0.329 e. The van der Waals surface area contributed by atoms with Gasteiger partial charge >= 0.3 is 5.69 Å². The third-order valence-corrected chi connectivity index (χ3v) is 12.7. The molecule has 0 radical (unpaired) electrons. The summed E-state index contributed by atoms with van der Waals surface area (Å²) < 4.78 is 46.7. The number of anilines is 1. The molecule has 1 unspecified atom stereocenters. The molecule has 2 aliphatic heterocycles. The van der Waals surface area contributed by atoms with Crippen LogP contribution in [-0.4, -0.2) is 95.9 Å². The lowest BCUT2D eigenvalue weighted by Crippen LogP contribution is -2.47. The van der Waals surface area contributed by atoms with Gasteiger partial charge < -0.3 is 15.3 Å². The zero-order valence-corrected chi connectivity index (χ0v) is 34.0. The van der Waals surface area contributed by atoms with Crippen LogP contribution in [0.15, 0.2) is 65.8 Å². The lowest BCUT2D eigenvalue weighted by molar-refractivity contribution is -0.135. The summed E-state index contributed by atoms with van der Waals surface area (Å²) >= 11 is 0. The van der Waals surface area contributed by atoms with Gasteiger partial charge in [0.2, 0.25) is 23.6 Å². The number of nitrogens with zero attached hydrogens (tertiary/aromatic N) is 8. The average Bonchev–Trinajstić information content (AvgIpc) is 3.83. The van der Waals surface area contributed by atoms with Gasteiger partial charge in [-0.15, -0.1) is 0 Å². The maximum atomic E-state index is 14.1. The first-order valence-corrected chi connectivity index (χ1v) is 20.9. The van der Waals surface area contributed by atoms with Crippen LogP contribution in [-0.2, 0) is 23.1 Å². The Morgan fingerprint density at radius 1 is 0.887 bits per heavy atom. The predicted molar refractivity (Wildman–Crippen MR) is 223 cm³/mol. The highest BCUT2D eigenvalue weighted by Gasteiger charge is 2.32. The molecule has 2 saturated heterocycles. The van der Waals surface area contributed by atoms with Crippen molar-refractivity contribution in [3.8, 4) is 16.9 Å². The molecule has 0 bridgehead atoms. The number of fused-ring (bicyclic) bond motifs is 2. The SMILES string of the molecule is Cn1c(=O)n(C2CCC(=O)NC2=O)c2ccc(CCN3CCN(c4ncc(-c5ccc6cn(C7CCC(CNC(=O)c8cc(F)c(O)c(F)c8F)CC7)nc6c5)cn4)CC3)cc21. The lowest BCUT2D eigenvalue weighted by Gasteiger charge is -2.34. The number of imide groups is 1. The van der Waals surface area contributed by atoms with Crippen LogP contribution < -0.4 is 21.2 Å². The summed E-state index contributed by atoms with van der Waals surface area (Å²) in [6.45, 7) is 4.34. The molecule has 3 fully saturated rings. The normalized spacial score (nSPS) is 19.9. The summed E-state index contributed by atoms with van der Waals surface area (Å²) in [4.78, 5) is 63.9. The third-order valence-electron chi connectivity index (χ3n) is 12.7. The number of imidazole rings is 1. The summed E-state index contributed by atoms with van der Waals surface area (Å²) in [7, 11) is 1.71. The van der Waals surface area contributed by atoms with Gasteiger partial charge in [-0.05, 0) is 79.8 Å². The van der Waals surface area contributed by atoms with E-state index in [1.807, 2.05) is 59.7 Å². The first-order valence-electron chi connectivity index (χ1n) is 20.9. The van der Waals surface area contributed by atoms with E-state index in [9.17, 15) is 37.5 Å². The Balaban J connectivity index is 0.755. The van der Waals surface area contributed by atoms with E-state index in [0.29, 0.717) is 24.0 Å². The smallest absolute Gasteiger partial charge is 0.329 e. The molecule has 18 heteroatoms. The first kappa shape index (κ1) is 40.8. The molecule has 3 aliphatic rings. The minimum Gasteiger partial charge on any atom is -0.503 e. The van der Waals surface area contributed by atoms with Crippen LogP contribution in [0.5, 0.6) is 5.75 Å². The predicted octanol–water partition coefficient (Wildman–Crippen LogP) is 4.77. The number of nitrogens with one attached hydrogen (secondary N) is 2. The van der Waals surface area contributed by atoms with Crippen molar-refractivity contribution in [3.05, 3.63) is 100 Å². The molecule has 6 aromatic rings. The first-order chi connectivity index (χ1) is 29.9. The monoisotopic (exact) mass is 850 g/mol. The number of hydrogen-bond donors (Lipinski definition) is 3. The second kappa shape index (κ2) is 16.7. The Morgan fingerprint density at radius 2 is 1.65 bits per heavy atom. The van der Waals surface area contributed by atoms with Gasteiger partial charge in [-0.2, -0.15) is 9.49 Å². The third kappa shape index (κ3) is 7.89. The molecule has 15 nitrogen and oxygen atoms in total. The zero-order chi connectivity index (χ0) is 43.2. The van der Waals surface area contributed by atoms with Crippen molar-refractivity contribution in [2.24, 2.45) is 13.0 Å². The molecule has 1 saturated carbocycles. The second-order valence-corrected chi connectivity index (χ2v) is 16.5. The molecular weight excluding hydrogens is 806 g/mol. The molecule has 9 rings (SSSR count). The topological polar surface area (TPSA) is 173 Å². The van der Waals surface area contributed by atoms with E-state index >= 15 is 0 Å². The highest BCUT2D eigenvalue weighted by molar-refractivity contribution is 6.00. The van der Waals surface area contributed by atoms with Gasteiger partial charge in [-0.3, -0.25) is 38.4 Å². The van der Waals surface area contributed by atoms with Crippen molar-refractivity contribution in [2.75, 3.05) is 44.2 Å². The number of piperazine rings is 1. The molecule has 322 valence electrons. The van der Waals surface area contributed by atoms with Crippen LogP contribution in [0.25, 0.3) is 33.1 Å². The van der Waals surface area contributed by atoms with Crippen molar-refractivity contribution in [1.82, 2.24) is 44.4 Å². The number of hydrogen-bond acceptors (Lipinski definition) is 10. The molecule has 0 spiro atoms. The lowest BCUT2D eigenvalue weighted by atomic mass is 9.86. The molecule has 1 atom stereocenters. The molecule has 3 amide bonds. The summed E-state index contributed by atoms with van der Waals surface area (Å²) in [5, 5.41) is 20.1. The van der Waals surface area contributed by atoms with Gasteiger partial charge in [0.15, 0.2) is 17.4 Å². The Morgan fingerprint density at radius 3 is 2.39 bits per heavy atom. The highest BCUT2D eigenvalue weighted by atomic mass is 19.2. The quantitative estimate of drug-likeness (QED) is 0.129. The Labute approximate surface area is 353 Å². The van der Waals surface area contributed by atoms with Crippen molar-refractivity contribution in [2.45, 2.75) is 57.0 Å². The number of carbonyl (C=O) groups excluding carboxylic acids is 3. The van der Waals surface area contributed by atoms with Crippen LogP contribution in [0, 0.1) is 23.4 Å². The second-order valence-electron chi connectivity index (χ2n) is 16.5. The van der Waals surface area contributed by atoms with Crippen molar-refractivity contribution in [3.63, 3.8) is 0 Å². The zero-order valence-electron chi connectivity index (χ0n) is 34.0. The fourth-order valence-electron chi connectivity index (χ4n) is 8.98. The van der Waals surface area contributed by atoms with Crippen LogP contribution in [0.3, 0.4) is 0 Å². The Bertz CT molecular complexity index is 2770. The number of rotatable bonds is 10. The molecule has 5 heterocycles. The molecule has 3 aromatic carbocycles. The largest absolute Gasteiger partial charge is 0.503 e. The van der Waals surface area contributed by atoms with Gasteiger partial charge in [0, 0.05) is 82.3 Å². The van der Waals surface area contributed by atoms with Crippen molar-refractivity contribution >= 4 is 45.6 Å². The van der Waals surface area contributed by atoms with Gasteiger partial charge in [0.25, 0.3) is 5.91 Å². The molecule has 62 heavy (non-hydrogen) atoms. The number of carbonyl (C=O) groups is 3. The van der Waals surface area contributed by atoms with Crippen molar-refractivity contribution < 1.29 is 32.7 Å². The van der Waals surface area contributed by atoms with Crippen molar-refractivity contribution in [1.29, 1.82) is 0 Å². The number of piperidine rings is 1. The van der Waals surface area contributed by atoms with E-state index in [0.717, 1.165) is 97.9 Å². The van der Waals surface area contributed by atoms with E-state index in [-0.39, 0.29) is 36.5 Å². The Hall–Kier alpha value is -6.56. The van der Waals surface area contributed by atoms with Crippen LogP contribution in [0.4, 0.5) is 19.1 Å². The summed E-state index contributed by atoms with van der Waals surface area (Å²) in [6, 6.07) is 12.0. The number of halogens is 3. The number of aromatic hydroxyl groups is 1. The summed E-state index contributed by atoms with van der Waals surface area (Å²) in [5.41, 5.74) is 4.15. The van der Waals surface area contributed by atoms with Crippen LogP contribution >= 0.6 is 0 Å². The van der Waals surface area contributed by atoms with E-state index in [1.54, 1.807) is 11.6 Å². The number of amides is 3. The van der Waals surface area contributed by atoms with Gasteiger partial charge in [-0.1, -0.05) is 18.2 Å². The Kier molecular flexibility index (Phi) is 11.0. The fraction of sp³-hybridized carbons (Fsp3) is 0.386. The minimum absolute atomic E-state index is 0.108. The number of aromatic nitrogens is 6. The summed E-state index contributed by atoms with van der Waals surface area (Å²) in [5.74, 6) is -7.14. The van der Waals surface area contributed by atoms with E-state index in [1.165, 1.54) is 4.57 Å². The van der Waals surface area contributed by atoms with Crippen LogP contribution in [0.1, 0.15) is 66.5 Å². The van der Waals surface area contributed by atoms with E-state index in [2.05, 4.69) is 20.4 Å². The molecule has 1 aliphatic carbocycles. The average molecular weight is 851 g/mol. The number of phenolic OH excluding ortho intramolecular Hbond substituents is 1. The van der Waals surface area contributed by atoms with Gasteiger partial charge in [0.05, 0.1) is 28.2 Å². The number of benzene rings is 3. The van der Waals surface area contributed by atoms with Crippen LogP contribution in [0.2, 0.25) is 0 Å². The molecule has 3 N–H and O–H groups in total. The molecular formula is C44H45F3N10O5. The minimum atomic E-state index is -1.79. The van der Waals surface area contributed by atoms with Gasteiger partial charge in [0.1, 0.15) is 6.04 Å². The van der Waals surface area contributed by atoms with Gasteiger partial charge in [-0.25, -0.2) is 23.5 Å². The molecule has 3 aromatic heterocycles. The summed E-state index contributed by atoms with van der Waals surface area (Å²) in [6.07, 6.45) is 10.2. The number of aryl methyl sites for hydroxylation is 1.